The van der Waals surface area contributed by atoms with Gasteiger partial charge in [-0.3, -0.25) is 0 Å². The fourth-order valence-corrected chi connectivity index (χ4v) is 2.76. The maximum atomic E-state index is 10.1. The molecule has 0 spiro atoms. The van der Waals surface area contributed by atoms with Crippen molar-refractivity contribution in [1.82, 2.24) is 0 Å². The summed E-state index contributed by atoms with van der Waals surface area (Å²) in [5, 5.41) is 19.9. The minimum absolute atomic E-state index is 0.127. The minimum Gasteiger partial charge on any atom is -0.390 e. The second-order valence-corrected chi connectivity index (χ2v) is 7.20. The molecule has 21 heavy (non-hydrogen) atoms. The van der Waals surface area contributed by atoms with Crippen molar-refractivity contribution in [2.75, 3.05) is 0 Å². The first-order chi connectivity index (χ1) is 9.70. The molecule has 0 bridgehead atoms. The lowest BCUT2D eigenvalue weighted by Crippen LogP contribution is -2.26. The largest absolute Gasteiger partial charge is 0.390 e. The summed E-state index contributed by atoms with van der Waals surface area (Å²) in [6.45, 7) is 12.9. The van der Waals surface area contributed by atoms with Crippen LogP contribution in [0.15, 0.2) is 18.2 Å². The minimum atomic E-state index is -0.645. The Morgan fingerprint density at radius 1 is 1.05 bits per heavy atom. The van der Waals surface area contributed by atoms with E-state index in [1.807, 2.05) is 6.92 Å². The van der Waals surface area contributed by atoms with Crippen LogP contribution in [-0.4, -0.2) is 22.4 Å². The molecule has 0 radical (unpaired) electrons. The van der Waals surface area contributed by atoms with E-state index in [0.29, 0.717) is 12.8 Å². The van der Waals surface area contributed by atoms with Gasteiger partial charge in [-0.05, 0) is 47.3 Å². The van der Waals surface area contributed by atoms with Gasteiger partial charge in [0.2, 0.25) is 0 Å². The van der Waals surface area contributed by atoms with Crippen molar-refractivity contribution in [3.8, 4) is 0 Å². The van der Waals surface area contributed by atoms with Gasteiger partial charge in [0.05, 0.1) is 12.2 Å². The van der Waals surface area contributed by atoms with Crippen LogP contribution in [0, 0.1) is 0 Å². The third-order valence-corrected chi connectivity index (χ3v) is 4.38. The van der Waals surface area contributed by atoms with Gasteiger partial charge < -0.3 is 10.2 Å². The summed E-state index contributed by atoms with van der Waals surface area (Å²) in [6.07, 6.45) is 0.930. The summed E-state index contributed by atoms with van der Waals surface area (Å²) in [5.74, 6) is 0.249. The van der Waals surface area contributed by atoms with Crippen LogP contribution in [0.5, 0.6) is 0 Å². The van der Waals surface area contributed by atoms with Gasteiger partial charge in [0, 0.05) is 0 Å². The third-order valence-electron chi connectivity index (χ3n) is 4.38. The van der Waals surface area contributed by atoms with Gasteiger partial charge in [0.15, 0.2) is 0 Å². The molecule has 0 saturated carbocycles. The maximum Gasteiger partial charge on any atom is 0.0804 e. The molecule has 2 N–H and O–H groups in total. The van der Waals surface area contributed by atoms with Crippen molar-refractivity contribution in [3.63, 3.8) is 0 Å². The molecule has 1 aromatic rings. The fraction of sp³-hybridized carbons (Fsp3) is 0.684. The van der Waals surface area contributed by atoms with E-state index in [0.717, 1.165) is 6.42 Å². The highest BCUT2D eigenvalue weighted by molar-refractivity contribution is 5.37. The molecule has 0 aliphatic heterocycles. The highest BCUT2D eigenvalue weighted by Crippen LogP contribution is 2.31. The molecule has 0 saturated heterocycles. The van der Waals surface area contributed by atoms with Crippen LogP contribution >= 0.6 is 0 Å². The van der Waals surface area contributed by atoms with Gasteiger partial charge in [-0.25, -0.2) is 0 Å². The summed E-state index contributed by atoms with van der Waals surface area (Å²) in [4.78, 5) is 0. The van der Waals surface area contributed by atoms with Crippen LogP contribution in [0.1, 0.15) is 77.0 Å². The number of aryl methyl sites for hydroxylation is 1. The third kappa shape index (κ3) is 4.82. The topological polar surface area (TPSA) is 40.5 Å². The molecule has 0 aliphatic carbocycles. The second-order valence-electron chi connectivity index (χ2n) is 7.20. The van der Waals surface area contributed by atoms with Gasteiger partial charge in [-0.1, -0.05) is 59.7 Å². The van der Waals surface area contributed by atoms with Crippen molar-refractivity contribution in [1.29, 1.82) is 0 Å². The summed E-state index contributed by atoms with van der Waals surface area (Å²) >= 11 is 0. The van der Waals surface area contributed by atoms with Crippen LogP contribution in [0.2, 0.25) is 0 Å². The van der Waals surface area contributed by atoms with Crippen LogP contribution in [0.25, 0.3) is 0 Å². The number of benzene rings is 1. The predicted molar refractivity (Wildman–Crippen MR) is 89.9 cm³/mol. The number of hydrogen-bond donors (Lipinski definition) is 2. The van der Waals surface area contributed by atoms with Crippen LogP contribution in [0.4, 0.5) is 0 Å². The van der Waals surface area contributed by atoms with E-state index in [1.165, 1.54) is 16.7 Å². The zero-order chi connectivity index (χ0) is 16.2. The average molecular weight is 292 g/mol. The normalized spacial score (nSPS) is 16.6. The Labute approximate surface area is 130 Å². The molecule has 0 aliphatic rings. The molecule has 2 nitrogen and oxygen atoms in total. The zero-order valence-corrected chi connectivity index (χ0v) is 14.5. The van der Waals surface area contributed by atoms with Crippen molar-refractivity contribution in [2.24, 2.45) is 0 Å². The van der Waals surface area contributed by atoms with Gasteiger partial charge in [-0.15, -0.1) is 0 Å². The molecule has 0 heterocycles. The quantitative estimate of drug-likeness (QED) is 0.826. The van der Waals surface area contributed by atoms with Crippen molar-refractivity contribution in [3.05, 3.63) is 34.9 Å². The molecule has 0 aromatic heterocycles. The SMILES string of the molecule is CCc1ccc(C(C)(C)C)cc1C(C)CC(O)C(O)CC. The van der Waals surface area contributed by atoms with Gasteiger partial charge in [0.25, 0.3) is 0 Å². The summed E-state index contributed by atoms with van der Waals surface area (Å²) < 4.78 is 0. The Kier molecular flexibility index (Phi) is 6.42. The van der Waals surface area contributed by atoms with Crippen LogP contribution in [-0.2, 0) is 11.8 Å². The highest BCUT2D eigenvalue weighted by atomic mass is 16.3. The number of aliphatic hydroxyl groups excluding tert-OH is 2. The van der Waals surface area contributed by atoms with E-state index >= 15 is 0 Å². The monoisotopic (exact) mass is 292 g/mol. The number of aliphatic hydroxyl groups is 2. The summed E-state index contributed by atoms with van der Waals surface area (Å²) in [5.41, 5.74) is 4.11. The van der Waals surface area contributed by atoms with E-state index < -0.39 is 12.2 Å². The fourth-order valence-electron chi connectivity index (χ4n) is 2.76. The molecule has 1 rings (SSSR count). The lowest BCUT2D eigenvalue weighted by atomic mass is 9.81. The molecule has 3 unspecified atom stereocenters. The molecule has 120 valence electrons. The Morgan fingerprint density at radius 3 is 2.14 bits per heavy atom. The van der Waals surface area contributed by atoms with Crippen molar-refractivity contribution < 1.29 is 10.2 Å². The Balaban J connectivity index is 3.03. The van der Waals surface area contributed by atoms with Crippen LogP contribution in [0.3, 0.4) is 0 Å². The van der Waals surface area contributed by atoms with E-state index in [9.17, 15) is 10.2 Å². The molecule has 0 fully saturated rings. The standard InChI is InChI=1S/C19H32O2/c1-7-14-9-10-15(19(4,5)6)12-16(14)13(3)11-18(21)17(20)8-2/h9-10,12-13,17-18,20-21H,7-8,11H2,1-6H3. The maximum absolute atomic E-state index is 10.1. The van der Waals surface area contributed by atoms with E-state index in [2.05, 4.69) is 52.8 Å². The van der Waals surface area contributed by atoms with E-state index in [-0.39, 0.29) is 11.3 Å². The molecular weight excluding hydrogens is 260 g/mol. The predicted octanol–water partition coefficient (Wildman–Crippen LogP) is 4.17. The molecule has 3 atom stereocenters. The van der Waals surface area contributed by atoms with Gasteiger partial charge in [0.1, 0.15) is 0 Å². The zero-order valence-electron chi connectivity index (χ0n) is 14.5. The Hall–Kier alpha value is -0.860. The first-order valence-corrected chi connectivity index (χ1v) is 8.20. The molecule has 2 heteroatoms. The van der Waals surface area contributed by atoms with Crippen molar-refractivity contribution >= 4 is 0 Å². The Morgan fingerprint density at radius 2 is 1.67 bits per heavy atom. The van der Waals surface area contributed by atoms with Gasteiger partial charge in [-0.2, -0.15) is 0 Å². The first-order valence-electron chi connectivity index (χ1n) is 8.20. The highest BCUT2D eigenvalue weighted by Gasteiger charge is 2.22. The molecule has 0 amide bonds. The van der Waals surface area contributed by atoms with Gasteiger partial charge >= 0.3 is 0 Å². The summed E-state index contributed by atoms with van der Waals surface area (Å²) in [7, 11) is 0. The number of hydrogen-bond acceptors (Lipinski definition) is 2. The first kappa shape index (κ1) is 18.2. The van der Waals surface area contributed by atoms with E-state index in [4.69, 9.17) is 0 Å². The lowest BCUT2D eigenvalue weighted by Gasteiger charge is -2.25. The Bertz CT molecular complexity index is 445. The molecular formula is C19H32O2. The van der Waals surface area contributed by atoms with Crippen LogP contribution < -0.4 is 0 Å². The van der Waals surface area contributed by atoms with Crippen molar-refractivity contribution in [2.45, 2.75) is 84.3 Å². The number of rotatable bonds is 6. The smallest absolute Gasteiger partial charge is 0.0804 e. The molecule has 1 aromatic carbocycles. The van der Waals surface area contributed by atoms with E-state index in [1.54, 1.807) is 0 Å². The summed E-state index contributed by atoms with van der Waals surface area (Å²) in [6, 6.07) is 6.72. The second kappa shape index (κ2) is 7.42. The average Bonchev–Trinajstić information content (AvgIpc) is 2.44. The lowest BCUT2D eigenvalue weighted by molar-refractivity contribution is 0.00949.